The van der Waals surface area contributed by atoms with Gasteiger partial charge in [0.15, 0.2) is 8.32 Å². The molecule has 0 bridgehead atoms. The van der Waals surface area contributed by atoms with Crippen molar-refractivity contribution in [3.63, 3.8) is 0 Å². The highest BCUT2D eigenvalue weighted by Crippen LogP contribution is 2.22. The van der Waals surface area contributed by atoms with Crippen LogP contribution in [-0.4, -0.2) is 25.9 Å². The van der Waals surface area contributed by atoms with E-state index in [4.69, 9.17) is 4.43 Å². The van der Waals surface area contributed by atoms with Crippen LogP contribution in [0.2, 0.25) is 19.6 Å². The van der Waals surface area contributed by atoms with Crippen LogP contribution in [-0.2, 0) is 4.43 Å². The molecule has 1 saturated heterocycles. The molecule has 0 spiro atoms. The lowest BCUT2D eigenvalue weighted by molar-refractivity contribution is 0.185. The summed E-state index contributed by atoms with van der Waals surface area (Å²) in [5.41, 5.74) is 0. The van der Waals surface area contributed by atoms with E-state index in [2.05, 4.69) is 31.4 Å². The molecule has 1 aliphatic heterocycles. The second kappa shape index (κ2) is 3.96. The predicted molar refractivity (Wildman–Crippen MR) is 54.8 cm³/mol. The standard InChI is InChI=1S/C8H18OSSi/c1-11(2,3)9-8-4-6-10-7-5-8/h8H,4-7H2,1-3H3. The maximum Gasteiger partial charge on any atom is 0.184 e. The van der Waals surface area contributed by atoms with Crippen LogP contribution in [0, 0.1) is 0 Å². The molecule has 0 amide bonds. The summed E-state index contributed by atoms with van der Waals surface area (Å²) in [6.07, 6.45) is 3.13. The minimum absolute atomic E-state index is 0.586. The Morgan fingerprint density at radius 3 is 2.18 bits per heavy atom. The molecule has 11 heavy (non-hydrogen) atoms. The summed E-state index contributed by atoms with van der Waals surface area (Å²) in [5, 5.41) is 0. The van der Waals surface area contributed by atoms with Gasteiger partial charge in [0.25, 0.3) is 0 Å². The second-order valence-corrected chi connectivity index (χ2v) is 9.73. The first-order valence-corrected chi connectivity index (χ1v) is 8.90. The molecular formula is C8H18OSSi. The van der Waals surface area contributed by atoms with Gasteiger partial charge in [0.1, 0.15) is 0 Å². The van der Waals surface area contributed by atoms with Crippen LogP contribution in [0.25, 0.3) is 0 Å². The van der Waals surface area contributed by atoms with Crippen molar-refractivity contribution < 1.29 is 4.43 Å². The Bertz CT molecular complexity index is 116. The molecule has 0 N–H and O–H groups in total. The van der Waals surface area contributed by atoms with Crippen molar-refractivity contribution in [1.82, 2.24) is 0 Å². The largest absolute Gasteiger partial charge is 0.415 e. The molecule has 1 heterocycles. The van der Waals surface area contributed by atoms with Crippen molar-refractivity contribution >= 4 is 20.1 Å². The summed E-state index contributed by atoms with van der Waals surface area (Å²) >= 11 is 2.06. The molecule has 0 atom stereocenters. The molecule has 1 rings (SSSR count). The van der Waals surface area contributed by atoms with Gasteiger partial charge < -0.3 is 4.43 Å². The van der Waals surface area contributed by atoms with Crippen molar-refractivity contribution in [1.29, 1.82) is 0 Å². The highest BCUT2D eigenvalue weighted by molar-refractivity contribution is 7.99. The lowest BCUT2D eigenvalue weighted by Crippen LogP contribution is -2.33. The normalized spacial score (nSPS) is 22.1. The fourth-order valence-corrected chi connectivity index (χ4v) is 3.59. The van der Waals surface area contributed by atoms with E-state index in [0.717, 1.165) is 0 Å². The Hall–Kier alpha value is 0.527. The maximum absolute atomic E-state index is 6.00. The highest BCUT2D eigenvalue weighted by atomic mass is 32.2. The SMILES string of the molecule is C[Si](C)(C)OC1CCSCC1. The summed E-state index contributed by atoms with van der Waals surface area (Å²) in [6.45, 7) is 6.82. The van der Waals surface area contributed by atoms with Crippen LogP contribution >= 0.6 is 11.8 Å². The third-order valence-electron chi connectivity index (χ3n) is 1.69. The maximum atomic E-state index is 6.00. The summed E-state index contributed by atoms with van der Waals surface area (Å²) < 4.78 is 6.00. The topological polar surface area (TPSA) is 9.23 Å². The Morgan fingerprint density at radius 2 is 1.73 bits per heavy atom. The summed E-state index contributed by atoms with van der Waals surface area (Å²) in [7, 11) is -1.25. The van der Waals surface area contributed by atoms with Crippen LogP contribution in [0.15, 0.2) is 0 Å². The van der Waals surface area contributed by atoms with E-state index in [1.54, 1.807) is 0 Å². The first-order valence-electron chi connectivity index (χ1n) is 4.33. The quantitative estimate of drug-likeness (QED) is 0.619. The predicted octanol–water partition coefficient (Wildman–Crippen LogP) is 2.73. The molecule has 1 aliphatic rings. The van der Waals surface area contributed by atoms with Gasteiger partial charge >= 0.3 is 0 Å². The zero-order valence-electron chi connectivity index (χ0n) is 7.72. The van der Waals surface area contributed by atoms with Gasteiger partial charge in [-0.2, -0.15) is 11.8 Å². The number of hydrogen-bond donors (Lipinski definition) is 0. The van der Waals surface area contributed by atoms with Crippen LogP contribution in [0.5, 0.6) is 0 Å². The lowest BCUT2D eigenvalue weighted by atomic mass is 10.2. The average molecular weight is 190 g/mol. The van der Waals surface area contributed by atoms with Gasteiger partial charge in [-0.3, -0.25) is 0 Å². The summed E-state index contributed by atoms with van der Waals surface area (Å²) in [5.74, 6) is 2.60. The minimum Gasteiger partial charge on any atom is -0.415 e. The van der Waals surface area contributed by atoms with E-state index >= 15 is 0 Å². The fourth-order valence-electron chi connectivity index (χ4n) is 1.29. The van der Waals surface area contributed by atoms with Gasteiger partial charge in [-0.05, 0) is 44.0 Å². The molecular weight excluding hydrogens is 172 g/mol. The third kappa shape index (κ3) is 4.18. The van der Waals surface area contributed by atoms with E-state index in [0.29, 0.717) is 6.10 Å². The van der Waals surface area contributed by atoms with E-state index in [-0.39, 0.29) is 0 Å². The third-order valence-corrected chi connectivity index (χ3v) is 3.78. The number of rotatable bonds is 2. The molecule has 0 radical (unpaired) electrons. The zero-order valence-corrected chi connectivity index (χ0v) is 9.54. The molecule has 66 valence electrons. The highest BCUT2D eigenvalue weighted by Gasteiger charge is 2.22. The molecule has 0 saturated carbocycles. The molecule has 0 aromatic carbocycles. The van der Waals surface area contributed by atoms with E-state index in [1.807, 2.05) is 0 Å². The smallest absolute Gasteiger partial charge is 0.184 e. The van der Waals surface area contributed by atoms with Gasteiger partial charge in [-0.1, -0.05) is 0 Å². The van der Waals surface area contributed by atoms with Crippen molar-refractivity contribution in [2.45, 2.75) is 38.6 Å². The molecule has 0 unspecified atom stereocenters. The molecule has 1 fully saturated rings. The molecule has 0 aromatic heterocycles. The fraction of sp³-hybridized carbons (Fsp3) is 1.00. The van der Waals surface area contributed by atoms with Crippen LogP contribution in [0.4, 0.5) is 0 Å². The van der Waals surface area contributed by atoms with Gasteiger partial charge in [0.05, 0.1) is 0 Å². The molecule has 1 nitrogen and oxygen atoms in total. The number of hydrogen-bond acceptors (Lipinski definition) is 2. The first-order chi connectivity index (χ1) is 5.08. The van der Waals surface area contributed by atoms with E-state index in [9.17, 15) is 0 Å². The Labute approximate surface area is 75.0 Å². The Balaban J connectivity index is 2.24. The van der Waals surface area contributed by atoms with Crippen LogP contribution < -0.4 is 0 Å². The number of thioether (sulfide) groups is 1. The average Bonchev–Trinajstić information content (AvgIpc) is 1.85. The Kier molecular flexibility index (Phi) is 3.46. The summed E-state index contributed by atoms with van der Waals surface area (Å²) in [4.78, 5) is 0. The van der Waals surface area contributed by atoms with Crippen LogP contribution in [0.3, 0.4) is 0 Å². The molecule has 0 aromatic rings. The second-order valence-electron chi connectivity index (χ2n) is 4.04. The molecule has 0 aliphatic carbocycles. The van der Waals surface area contributed by atoms with E-state index < -0.39 is 8.32 Å². The minimum atomic E-state index is -1.25. The van der Waals surface area contributed by atoms with Crippen molar-refractivity contribution in [2.75, 3.05) is 11.5 Å². The van der Waals surface area contributed by atoms with Crippen molar-refractivity contribution in [3.8, 4) is 0 Å². The van der Waals surface area contributed by atoms with Gasteiger partial charge in [0.2, 0.25) is 0 Å². The Morgan fingerprint density at radius 1 is 1.18 bits per heavy atom. The first kappa shape index (κ1) is 9.61. The lowest BCUT2D eigenvalue weighted by Gasteiger charge is -2.28. The van der Waals surface area contributed by atoms with Crippen molar-refractivity contribution in [3.05, 3.63) is 0 Å². The van der Waals surface area contributed by atoms with Gasteiger partial charge in [-0.15, -0.1) is 0 Å². The zero-order chi connectivity index (χ0) is 8.32. The summed E-state index contributed by atoms with van der Waals surface area (Å²) in [6, 6.07) is 0. The van der Waals surface area contributed by atoms with E-state index in [1.165, 1.54) is 24.3 Å². The van der Waals surface area contributed by atoms with Gasteiger partial charge in [-0.25, -0.2) is 0 Å². The van der Waals surface area contributed by atoms with Crippen molar-refractivity contribution in [2.24, 2.45) is 0 Å². The monoisotopic (exact) mass is 190 g/mol. The van der Waals surface area contributed by atoms with Crippen LogP contribution in [0.1, 0.15) is 12.8 Å². The van der Waals surface area contributed by atoms with Gasteiger partial charge in [0, 0.05) is 6.10 Å². The molecule has 3 heteroatoms.